The summed E-state index contributed by atoms with van der Waals surface area (Å²) in [6, 6.07) is 0. The van der Waals surface area contributed by atoms with Gasteiger partial charge in [0.05, 0.1) is 0 Å². The highest BCUT2D eigenvalue weighted by atomic mass is 16.1. The Labute approximate surface area is 85.1 Å². The highest BCUT2D eigenvalue weighted by molar-refractivity contribution is 5.54. The van der Waals surface area contributed by atoms with Gasteiger partial charge in [-0.25, -0.2) is 0 Å². The molecule has 0 aromatic heterocycles. The van der Waals surface area contributed by atoms with Crippen LogP contribution in [0, 0.1) is 23.7 Å². The molecule has 0 aromatic rings. The maximum atomic E-state index is 10.7. The summed E-state index contributed by atoms with van der Waals surface area (Å²) in [6.45, 7) is 0. The largest absolute Gasteiger partial charge is 0.303 e. The van der Waals surface area contributed by atoms with Gasteiger partial charge in [-0.2, -0.15) is 0 Å². The molecule has 78 valence electrons. The van der Waals surface area contributed by atoms with Crippen molar-refractivity contribution in [1.29, 1.82) is 0 Å². The van der Waals surface area contributed by atoms with Crippen LogP contribution < -0.4 is 0 Å². The monoisotopic (exact) mass is 194 g/mol. The molecule has 0 spiro atoms. The van der Waals surface area contributed by atoms with Crippen molar-refractivity contribution in [3.05, 3.63) is 0 Å². The van der Waals surface area contributed by atoms with Crippen molar-refractivity contribution in [3.8, 4) is 0 Å². The topological polar surface area (TPSA) is 34.1 Å². The van der Waals surface area contributed by atoms with Crippen LogP contribution in [0.2, 0.25) is 0 Å². The van der Waals surface area contributed by atoms with Crippen LogP contribution >= 0.6 is 0 Å². The average Bonchev–Trinajstić information content (AvgIpc) is 2.27. The third-order valence-corrected chi connectivity index (χ3v) is 4.08. The molecule has 0 heterocycles. The average molecular weight is 194 g/mol. The molecule has 14 heavy (non-hydrogen) atoms. The van der Waals surface area contributed by atoms with E-state index < -0.39 is 0 Å². The molecule has 0 bridgehead atoms. The van der Waals surface area contributed by atoms with E-state index in [1.807, 2.05) is 0 Å². The van der Waals surface area contributed by atoms with Gasteiger partial charge in [-0.15, -0.1) is 0 Å². The number of fused-ring (bicyclic) bond motifs is 1. The van der Waals surface area contributed by atoms with Crippen LogP contribution in [-0.4, -0.2) is 12.6 Å². The van der Waals surface area contributed by atoms with E-state index in [4.69, 9.17) is 0 Å². The van der Waals surface area contributed by atoms with E-state index >= 15 is 0 Å². The Kier molecular flexibility index (Phi) is 2.99. The van der Waals surface area contributed by atoms with Crippen LogP contribution in [0.1, 0.15) is 38.5 Å². The van der Waals surface area contributed by atoms with Crippen molar-refractivity contribution < 1.29 is 9.59 Å². The molecular weight excluding hydrogens is 176 g/mol. The lowest BCUT2D eigenvalue weighted by molar-refractivity contribution is -0.116. The normalized spacial score (nSPS) is 42.6. The molecule has 0 radical (unpaired) electrons. The second-order valence-electron chi connectivity index (χ2n) is 4.94. The number of carbonyl (C=O) groups is 2. The Hall–Kier alpha value is -0.660. The van der Waals surface area contributed by atoms with Gasteiger partial charge in [0.1, 0.15) is 12.6 Å². The van der Waals surface area contributed by atoms with Gasteiger partial charge in [0, 0.05) is 11.8 Å². The standard InChI is InChI=1S/C12H18O2/c13-7-9-1-3-11-6-10(8-14)2-4-12(11)5-9/h7-12H,1-6H2/t9-,10?,11-,12?/m1/s1. The number of hydrogen-bond donors (Lipinski definition) is 0. The first kappa shape index (κ1) is 9.88. The molecule has 2 unspecified atom stereocenters. The van der Waals surface area contributed by atoms with Crippen molar-refractivity contribution in [2.45, 2.75) is 38.5 Å². The summed E-state index contributed by atoms with van der Waals surface area (Å²) in [5.41, 5.74) is 0. The third kappa shape index (κ3) is 1.89. The fourth-order valence-electron chi connectivity index (χ4n) is 3.21. The van der Waals surface area contributed by atoms with Crippen molar-refractivity contribution in [1.82, 2.24) is 0 Å². The number of rotatable bonds is 2. The molecule has 2 heteroatoms. The zero-order valence-corrected chi connectivity index (χ0v) is 8.52. The highest BCUT2D eigenvalue weighted by Crippen LogP contribution is 2.43. The zero-order chi connectivity index (χ0) is 9.97. The van der Waals surface area contributed by atoms with Gasteiger partial charge in [0.15, 0.2) is 0 Å². The van der Waals surface area contributed by atoms with Gasteiger partial charge >= 0.3 is 0 Å². The summed E-state index contributed by atoms with van der Waals surface area (Å²) in [5.74, 6) is 2.08. The van der Waals surface area contributed by atoms with Gasteiger partial charge in [0.2, 0.25) is 0 Å². The predicted octanol–water partition coefficient (Wildman–Crippen LogP) is 2.22. The van der Waals surface area contributed by atoms with Gasteiger partial charge in [0.25, 0.3) is 0 Å². The Bertz CT molecular complexity index is 200. The lowest BCUT2D eigenvalue weighted by Gasteiger charge is -2.39. The maximum absolute atomic E-state index is 10.7. The molecule has 2 aliphatic carbocycles. The zero-order valence-electron chi connectivity index (χ0n) is 8.52. The molecule has 4 atom stereocenters. The van der Waals surface area contributed by atoms with E-state index in [1.54, 1.807) is 0 Å². The lowest BCUT2D eigenvalue weighted by atomic mass is 9.65. The molecule has 0 N–H and O–H groups in total. The van der Waals surface area contributed by atoms with Crippen LogP contribution in [-0.2, 0) is 9.59 Å². The van der Waals surface area contributed by atoms with Crippen molar-refractivity contribution in [3.63, 3.8) is 0 Å². The number of aldehydes is 2. The lowest BCUT2D eigenvalue weighted by Crippen LogP contribution is -2.31. The summed E-state index contributed by atoms with van der Waals surface area (Å²) in [5, 5.41) is 0. The Morgan fingerprint density at radius 3 is 1.50 bits per heavy atom. The molecule has 2 fully saturated rings. The van der Waals surface area contributed by atoms with Gasteiger partial charge < -0.3 is 9.59 Å². The first-order valence-electron chi connectivity index (χ1n) is 5.74. The molecule has 0 aliphatic heterocycles. The molecular formula is C12H18O2. The molecule has 2 rings (SSSR count). The molecule has 0 aromatic carbocycles. The molecule has 2 saturated carbocycles. The first-order chi connectivity index (χ1) is 6.83. The minimum Gasteiger partial charge on any atom is -0.303 e. The van der Waals surface area contributed by atoms with Crippen molar-refractivity contribution in [2.75, 3.05) is 0 Å². The van der Waals surface area contributed by atoms with E-state index in [1.165, 1.54) is 12.8 Å². The third-order valence-electron chi connectivity index (χ3n) is 4.08. The summed E-state index contributed by atoms with van der Waals surface area (Å²) in [6.07, 6.45) is 8.85. The van der Waals surface area contributed by atoms with Crippen LogP contribution in [0.25, 0.3) is 0 Å². The van der Waals surface area contributed by atoms with E-state index in [2.05, 4.69) is 0 Å². The Balaban J connectivity index is 1.94. The quantitative estimate of drug-likeness (QED) is 0.632. The SMILES string of the molecule is O=CC1CCC2C[C@H](C=O)CC[C@@H]2C1. The summed E-state index contributed by atoms with van der Waals surface area (Å²) >= 11 is 0. The Morgan fingerprint density at radius 2 is 1.14 bits per heavy atom. The van der Waals surface area contributed by atoms with E-state index in [0.29, 0.717) is 11.8 Å². The predicted molar refractivity (Wildman–Crippen MR) is 53.8 cm³/mol. The van der Waals surface area contributed by atoms with E-state index in [9.17, 15) is 9.59 Å². The van der Waals surface area contributed by atoms with Crippen LogP contribution in [0.4, 0.5) is 0 Å². The second-order valence-corrected chi connectivity index (χ2v) is 4.94. The van der Waals surface area contributed by atoms with Crippen molar-refractivity contribution >= 4 is 12.6 Å². The van der Waals surface area contributed by atoms with Crippen LogP contribution in [0.5, 0.6) is 0 Å². The van der Waals surface area contributed by atoms with E-state index in [-0.39, 0.29) is 0 Å². The summed E-state index contributed by atoms with van der Waals surface area (Å²) in [4.78, 5) is 21.4. The van der Waals surface area contributed by atoms with E-state index in [0.717, 1.165) is 50.1 Å². The molecule has 2 aliphatic rings. The minimum absolute atomic E-state index is 0.309. The number of carbonyl (C=O) groups excluding carboxylic acids is 2. The van der Waals surface area contributed by atoms with Gasteiger partial charge in [-0.05, 0) is 50.4 Å². The summed E-state index contributed by atoms with van der Waals surface area (Å²) < 4.78 is 0. The minimum atomic E-state index is 0.309. The van der Waals surface area contributed by atoms with Gasteiger partial charge in [-0.3, -0.25) is 0 Å². The smallest absolute Gasteiger partial charge is 0.123 e. The molecule has 2 nitrogen and oxygen atoms in total. The van der Waals surface area contributed by atoms with Crippen LogP contribution in [0.3, 0.4) is 0 Å². The number of hydrogen-bond acceptors (Lipinski definition) is 2. The second kappa shape index (κ2) is 4.24. The van der Waals surface area contributed by atoms with Gasteiger partial charge in [-0.1, -0.05) is 0 Å². The highest BCUT2D eigenvalue weighted by Gasteiger charge is 2.35. The maximum Gasteiger partial charge on any atom is 0.123 e. The fraction of sp³-hybridized carbons (Fsp3) is 0.833. The molecule has 0 saturated heterocycles. The van der Waals surface area contributed by atoms with Crippen molar-refractivity contribution in [2.24, 2.45) is 23.7 Å². The van der Waals surface area contributed by atoms with Crippen LogP contribution in [0.15, 0.2) is 0 Å². The summed E-state index contributed by atoms with van der Waals surface area (Å²) in [7, 11) is 0. The molecule has 0 amide bonds. The Morgan fingerprint density at radius 1 is 0.714 bits per heavy atom. The first-order valence-corrected chi connectivity index (χ1v) is 5.74. The fourth-order valence-corrected chi connectivity index (χ4v) is 3.21.